The highest BCUT2D eigenvalue weighted by molar-refractivity contribution is 9.10. The van der Waals surface area contributed by atoms with Crippen LogP contribution < -0.4 is 16.7 Å². The third kappa shape index (κ3) is 4.40. The van der Waals surface area contributed by atoms with E-state index in [0.717, 1.165) is 9.86 Å². The molecule has 0 unspecified atom stereocenters. The number of aromatic nitrogens is 1. The molecule has 0 atom stereocenters. The predicted molar refractivity (Wildman–Crippen MR) is 123 cm³/mol. The van der Waals surface area contributed by atoms with E-state index in [1.165, 1.54) is 17.5 Å². The molecule has 0 saturated carbocycles. The number of benzene rings is 2. The summed E-state index contributed by atoms with van der Waals surface area (Å²) in [6, 6.07) is 15.7. The largest absolute Gasteiger partial charge is 0.422 e. The van der Waals surface area contributed by atoms with E-state index in [2.05, 4.69) is 32.3 Å². The van der Waals surface area contributed by atoms with Crippen molar-refractivity contribution in [3.63, 3.8) is 0 Å². The first kappa shape index (κ1) is 20.5. The Balaban J connectivity index is 1.62. The van der Waals surface area contributed by atoms with Crippen molar-refractivity contribution in [2.75, 3.05) is 5.32 Å². The molecule has 1 amide bonds. The molecule has 0 aliphatic heterocycles. The zero-order chi connectivity index (χ0) is 22.0. The Labute approximate surface area is 188 Å². The number of nitrogens with two attached hydrogens (primary N) is 1. The van der Waals surface area contributed by atoms with Gasteiger partial charge in [0.15, 0.2) is 0 Å². The van der Waals surface area contributed by atoms with Crippen molar-refractivity contribution in [3.8, 4) is 17.3 Å². The first-order valence-electron chi connectivity index (χ1n) is 8.91. The summed E-state index contributed by atoms with van der Waals surface area (Å²) in [6.45, 7) is 0. The van der Waals surface area contributed by atoms with Crippen molar-refractivity contribution in [1.29, 1.82) is 5.26 Å². The van der Waals surface area contributed by atoms with E-state index in [-0.39, 0.29) is 0 Å². The lowest BCUT2D eigenvalue weighted by Gasteiger charge is -2.02. The molecule has 0 fully saturated rings. The van der Waals surface area contributed by atoms with Crippen molar-refractivity contribution < 1.29 is 9.21 Å². The molecule has 0 aliphatic rings. The Morgan fingerprint density at radius 3 is 2.71 bits per heavy atom. The summed E-state index contributed by atoms with van der Waals surface area (Å²) in [5.41, 5.74) is 7.33. The van der Waals surface area contributed by atoms with Gasteiger partial charge in [-0.2, -0.15) is 5.26 Å². The number of hydrogen-bond acceptors (Lipinski definition) is 7. The average molecular weight is 493 g/mol. The van der Waals surface area contributed by atoms with Gasteiger partial charge in [0.05, 0.1) is 11.3 Å². The van der Waals surface area contributed by atoms with E-state index in [1.807, 2.05) is 6.07 Å². The van der Waals surface area contributed by atoms with Crippen molar-refractivity contribution in [2.45, 2.75) is 0 Å². The van der Waals surface area contributed by atoms with Crippen LogP contribution in [0.1, 0.15) is 15.4 Å². The van der Waals surface area contributed by atoms with Crippen LogP contribution in [0.15, 0.2) is 73.8 Å². The summed E-state index contributed by atoms with van der Waals surface area (Å²) in [5.74, 6) is -0.513. The Kier molecular flexibility index (Phi) is 5.66. The van der Waals surface area contributed by atoms with E-state index < -0.39 is 11.5 Å². The normalized spacial score (nSPS) is 11.3. The smallest absolute Gasteiger partial charge is 0.345 e. The molecule has 4 aromatic rings. The standard InChI is InChI=1S/C22H13BrN4O3S/c23-15-3-6-19-13(7-15)8-17(22(29)30-19)18-11-31-21(27-18)14(9-24)10-26-16-4-1-12(2-5-16)20(25)28/h1-8,10-11,26H,(H2,25,28)/b14-10-. The number of fused-ring (bicyclic) bond motifs is 1. The van der Waals surface area contributed by atoms with E-state index in [1.54, 1.807) is 47.8 Å². The molecule has 9 heteroatoms. The van der Waals surface area contributed by atoms with Crippen LogP contribution in [-0.2, 0) is 0 Å². The maximum absolute atomic E-state index is 12.4. The van der Waals surface area contributed by atoms with Gasteiger partial charge in [0.2, 0.25) is 5.91 Å². The number of carbonyl (C=O) groups is 1. The lowest BCUT2D eigenvalue weighted by molar-refractivity contribution is 0.100. The minimum atomic E-state index is -0.513. The number of primary amides is 1. The van der Waals surface area contributed by atoms with Gasteiger partial charge in [0.25, 0.3) is 0 Å². The summed E-state index contributed by atoms with van der Waals surface area (Å²) < 4.78 is 6.26. The molecule has 2 heterocycles. The monoisotopic (exact) mass is 492 g/mol. The lowest BCUT2D eigenvalue weighted by Crippen LogP contribution is -2.10. The number of amides is 1. The Hall–Kier alpha value is -3.74. The number of anilines is 1. The molecule has 0 aliphatic carbocycles. The van der Waals surface area contributed by atoms with Gasteiger partial charge in [-0.1, -0.05) is 15.9 Å². The number of hydrogen-bond donors (Lipinski definition) is 2. The zero-order valence-corrected chi connectivity index (χ0v) is 18.2. The van der Waals surface area contributed by atoms with Crippen LogP contribution in [0, 0.1) is 11.3 Å². The molecular weight excluding hydrogens is 480 g/mol. The molecule has 3 N–H and O–H groups in total. The van der Waals surface area contributed by atoms with Gasteiger partial charge in [-0.15, -0.1) is 11.3 Å². The van der Waals surface area contributed by atoms with Crippen LogP contribution in [0.25, 0.3) is 27.8 Å². The Bertz CT molecular complexity index is 1430. The highest BCUT2D eigenvalue weighted by Gasteiger charge is 2.14. The van der Waals surface area contributed by atoms with E-state index in [9.17, 15) is 14.9 Å². The van der Waals surface area contributed by atoms with Crippen molar-refractivity contribution in [1.82, 2.24) is 4.98 Å². The van der Waals surface area contributed by atoms with Gasteiger partial charge >= 0.3 is 5.63 Å². The van der Waals surface area contributed by atoms with Crippen LogP contribution in [0.3, 0.4) is 0 Å². The minimum absolute atomic E-state index is 0.295. The maximum Gasteiger partial charge on any atom is 0.345 e. The third-order valence-electron chi connectivity index (χ3n) is 4.38. The molecule has 0 spiro atoms. The number of carbonyl (C=O) groups excluding carboxylic acids is 1. The summed E-state index contributed by atoms with van der Waals surface area (Å²) in [4.78, 5) is 28.0. The zero-order valence-electron chi connectivity index (χ0n) is 15.8. The third-order valence-corrected chi connectivity index (χ3v) is 5.75. The van der Waals surface area contributed by atoms with Gasteiger partial charge in [-0.05, 0) is 48.5 Å². The number of nitriles is 1. The van der Waals surface area contributed by atoms with Crippen molar-refractivity contribution in [3.05, 3.63) is 85.6 Å². The van der Waals surface area contributed by atoms with Gasteiger partial charge < -0.3 is 15.5 Å². The minimum Gasteiger partial charge on any atom is -0.422 e. The summed E-state index contributed by atoms with van der Waals surface area (Å²) >= 11 is 4.65. The van der Waals surface area contributed by atoms with Crippen LogP contribution in [0.5, 0.6) is 0 Å². The lowest BCUT2D eigenvalue weighted by atomic mass is 10.1. The molecule has 2 aromatic heterocycles. The van der Waals surface area contributed by atoms with Crippen LogP contribution >= 0.6 is 27.3 Å². The molecule has 152 valence electrons. The average Bonchev–Trinajstić information content (AvgIpc) is 3.24. The van der Waals surface area contributed by atoms with E-state index in [0.29, 0.717) is 38.7 Å². The van der Waals surface area contributed by atoms with Gasteiger partial charge in [0, 0.05) is 32.7 Å². The highest BCUT2D eigenvalue weighted by atomic mass is 79.9. The van der Waals surface area contributed by atoms with Crippen LogP contribution in [0.4, 0.5) is 5.69 Å². The maximum atomic E-state index is 12.4. The number of thiazole rings is 1. The Morgan fingerprint density at radius 2 is 2.00 bits per heavy atom. The van der Waals surface area contributed by atoms with E-state index >= 15 is 0 Å². The van der Waals surface area contributed by atoms with E-state index in [4.69, 9.17) is 10.2 Å². The molecule has 0 saturated heterocycles. The SMILES string of the molecule is N#C/C(=C/Nc1ccc(C(N)=O)cc1)c1nc(-c2cc3cc(Br)ccc3oc2=O)cs1. The Morgan fingerprint density at radius 1 is 1.23 bits per heavy atom. The van der Waals surface area contributed by atoms with Gasteiger partial charge in [-0.3, -0.25) is 4.79 Å². The number of halogens is 1. The fourth-order valence-corrected chi connectivity index (χ4v) is 3.99. The van der Waals surface area contributed by atoms with Crippen molar-refractivity contribution in [2.24, 2.45) is 5.73 Å². The highest BCUT2D eigenvalue weighted by Crippen LogP contribution is 2.27. The van der Waals surface area contributed by atoms with Gasteiger partial charge in [0.1, 0.15) is 22.2 Å². The molecule has 4 rings (SSSR count). The molecule has 7 nitrogen and oxygen atoms in total. The molecule has 0 radical (unpaired) electrons. The fraction of sp³-hybridized carbons (Fsp3) is 0. The molecule has 31 heavy (non-hydrogen) atoms. The van der Waals surface area contributed by atoms with Gasteiger partial charge in [-0.25, -0.2) is 9.78 Å². The number of nitrogens with zero attached hydrogens (tertiary/aromatic N) is 2. The molecule has 2 aromatic carbocycles. The van der Waals surface area contributed by atoms with Crippen LogP contribution in [0.2, 0.25) is 0 Å². The first-order valence-corrected chi connectivity index (χ1v) is 10.6. The second kappa shape index (κ2) is 8.55. The second-order valence-electron chi connectivity index (χ2n) is 6.42. The summed E-state index contributed by atoms with van der Waals surface area (Å²) in [7, 11) is 0. The molecular formula is C22H13BrN4O3S. The number of allylic oxidation sites excluding steroid dienone is 1. The number of nitrogens with one attached hydrogen (secondary N) is 1. The predicted octanol–water partition coefficient (Wildman–Crippen LogP) is 4.75. The topological polar surface area (TPSA) is 122 Å². The number of rotatable bonds is 5. The summed E-state index contributed by atoms with van der Waals surface area (Å²) in [5, 5.41) is 15.5. The second-order valence-corrected chi connectivity index (χ2v) is 8.20. The molecule has 0 bridgehead atoms. The fourth-order valence-electron chi connectivity index (χ4n) is 2.82. The quantitative estimate of drug-likeness (QED) is 0.306. The van der Waals surface area contributed by atoms with Crippen molar-refractivity contribution >= 4 is 55.4 Å². The first-order chi connectivity index (χ1) is 14.9. The summed E-state index contributed by atoms with van der Waals surface area (Å²) in [6.07, 6.45) is 1.52. The van der Waals surface area contributed by atoms with Crippen LogP contribution in [-0.4, -0.2) is 10.9 Å².